The molecule has 0 atom stereocenters. The number of carbonyl (C=O) groups excluding carboxylic acids is 1. The summed E-state index contributed by atoms with van der Waals surface area (Å²) in [5.41, 5.74) is 1.76. The van der Waals surface area contributed by atoms with E-state index in [4.69, 9.17) is 4.42 Å². The summed E-state index contributed by atoms with van der Waals surface area (Å²) in [7, 11) is 1.72. The van der Waals surface area contributed by atoms with E-state index in [0.717, 1.165) is 5.76 Å². The van der Waals surface area contributed by atoms with Crippen molar-refractivity contribution >= 4 is 16.8 Å². The van der Waals surface area contributed by atoms with Crippen molar-refractivity contribution in [1.29, 1.82) is 0 Å². The number of hydrogen-bond donors (Lipinski definition) is 0. The number of para-hydroxylation sites is 1. The van der Waals surface area contributed by atoms with Crippen LogP contribution in [0.5, 0.6) is 0 Å². The Labute approximate surface area is 161 Å². The highest BCUT2D eigenvalue weighted by molar-refractivity contribution is 5.94. The smallest absolute Gasteiger partial charge is 0.265 e. The minimum Gasteiger partial charge on any atom is -0.467 e. The fraction of sp³-hybridized carbons (Fsp3) is 0.136. The maximum Gasteiger partial charge on any atom is 0.265 e. The van der Waals surface area contributed by atoms with E-state index >= 15 is 0 Å². The first kappa shape index (κ1) is 17.7. The molecule has 0 spiro atoms. The molecule has 0 aliphatic carbocycles. The molecule has 2 aromatic carbocycles. The van der Waals surface area contributed by atoms with Gasteiger partial charge in [0.15, 0.2) is 0 Å². The first-order valence-electron chi connectivity index (χ1n) is 8.91. The third kappa shape index (κ3) is 3.20. The van der Waals surface area contributed by atoms with Crippen molar-refractivity contribution in [2.75, 3.05) is 7.05 Å². The number of amides is 1. The lowest BCUT2D eigenvalue weighted by atomic mass is 10.1. The molecule has 0 N–H and O–H groups in total. The van der Waals surface area contributed by atoms with Crippen LogP contribution in [-0.2, 0) is 6.54 Å². The van der Waals surface area contributed by atoms with Crippen LogP contribution in [0.1, 0.15) is 21.9 Å². The number of carbonyl (C=O) groups is 1. The number of nitrogens with zero attached hydrogens (tertiary/aromatic N) is 3. The molecule has 4 rings (SSSR count). The Hall–Kier alpha value is -3.67. The van der Waals surface area contributed by atoms with E-state index in [1.54, 1.807) is 66.1 Å². The first-order valence-corrected chi connectivity index (χ1v) is 8.91. The number of hydrogen-bond acceptors (Lipinski definition) is 4. The Bertz CT molecular complexity index is 1190. The maximum absolute atomic E-state index is 12.9. The zero-order valence-corrected chi connectivity index (χ0v) is 15.6. The topological polar surface area (TPSA) is 68.3 Å². The number of furan rings is 1. The lowest BCUT2D eigenvalue weighted by Crippen LogP contribution is -2.26. The predicted octanol–water partition coefficient (Wildman–Crippen LogP) is 3.56. The van der Waals surface area contributed by atoms with E-state index in [1.165, 1.54) is 0 Å². The largest absolute Gasteiger partial charge is 0.467 e. The van der Waals surface area contributed by atoms with E-state index in [1.807, 2.05) is 24.3 Å². The van der Waals surface area contributed by atoms with Crippen molar-refractivity contribution in [1.82, 2.24) is 14.5 Å². The van der Waals surface area contributed by atoms with Crippen molar-refractivity contribution < 1.29 is 9.21 Å². The quantitative estimate of drug-likeness (QED) is 0.548. The Balaban J connectivity index is 1.64. The number of aromatic nitrogens is 2. The second kappa shape index (κ2) is 7.15. The fourth-order valence-corrected chi connectivity index (χ4v) is 3.23. The molecule has 2 aromatic heterocycles. The van der Waals surface area contributed by atoms with Crippen molar-refractivity contribution in [3.8, 4) is 5.69 Å². The molecule has 0 fully saturated rings. The highest BCUT2D eigenvalue weighted by Gasteiger charge is 2.14. The summed E-state index contributed by atoms with van der Waals surface area (Å²) in [5, 5.41) is 0.562. The Morgan fingerprint density at radius 3 is 2.54 bits per heavy atom. The molecule has 0 aliphatic heterocycles. The summed E-state index contributed by atoms with van der Waals surface area (Å²) in [6, 6.07) is 17.9. The third-order valence-electron chi connectivity index (χ3n) is 4.64. The molecule has 1 amide bonds. The summed E-state index contributed by atoms with van der Waals surface area (Å²) < 4.78 is 6.85. The fourth-order valence-electron chi connectivity index (χ4n) is 3.23. The Morgan fingerprint density at radius 1 is 1.07 bits per heavy atom. The van der Waals surface area contributed by atoms with Crippen LogP contribution in [0.3, 0.4) is 0 Å². The van der Waals surface area contributed by atoms with E-state index in [9.17, 15) is 9.59 Å². The number of aryl methyl sites for hydroxylation is 1. The van der Waals surface area contributed by atoms with Gasteiger partial charge in [-0.15, -0.1) is 0 Å². The van der Waals surface area contributed by atoms with Gasteiger partial charge in [-0.2, -0.15) is 0 Å². The third-order valence-corrected chi connectivity index (χ3v) is 4.64. The second-order valence-corrected chi connectivity index (χ2v) is 6.60. The molecule has 2 heterocycles. The van der Waals surface area contributed by atoms with Crippen LogP contribution in [0, 0.1) is 6.92 Å². The average Bonchev–Trinajstić information content (AvgIpc) is 3.21. The summed E-state index contributed by atoms with van der Waals surface area (Å²) in [4.78, 5) is 31.6. The van der Waals surface area contributed by atoms with Gasteiger partial charge in [-0.25, -0.2) is 4.98 Å². The van der Waals surface area contributed by atoms with Crippen LogP contribution in [0.15, 0.2) is 76.1 Å². The highest BCUT2D eigenvalue weighted by Crippen LogP contribution is 2.15. The van der Waals surface area contributed by atoms with Crippen LogP contribution < -0.4 is 5.56 Å². The monoisotopic (exact) mass is 373 g/mol. The number of fused-ring (bicyclic) bond motifs is 1. The SMILES string of the molecule is Cc1nc2ccccc2c(=O)n1-c1ccc(C(=O)N(C)Cc2ccco2)cc1. The molecule has 140 valence electrons. The molecule has 0 bridgehead atoms. The Kier molecular flexibility index (Phi) is 4.53. The van der Waals surface area contributed by atoms with Crippen LogP contribution in [0.4, 0.5) is 0 Å². The lowest BCUT2D eigenvalue weighted by molar-refractivity contribution is 0.0775. The first-order chi connectivity index (χ1) is 13.5. The van der Waals surface area contributed by atoms with Crippen LogP contribution in [-0.4, -0.2) is 27.4 Å². The van der Waals surface area contributed by atoms with Gasteiger partial charge < -0.3 is 9.32 Å². The molecule has 28 heavy (non-hydrogen) atoms. The van der Waals surface area contributed by atoms with Gasteiger partial charge >= 0.3 is 0 Å². The standard InChI is InChI=1S/C22H19N3O3/c1-15-23-20-8-4-3-7-19(20)22(27)25(15)17-11-9-16(10-12-17)21(26)24(2)14-18-6-5-13-28-18/h3-13H,14H2,1-2H3. The normalized spacial score (nSPS) is 10.9. The van der Waals surface area contributed by atoms with Crippen LogP contribution >= 0.6 is 0 Å². The van der Waals surface area contributed by atoms with Gasteiger partial charge in [0, 0.05) is 12.6 Å². The van der Waals surface area contributed by atoms with Gasteiger partial charge in [-0.3, -0.25) is 14.2 Å². The van der Waals surface area contributed by atoms with Gasteiger partial charge in [0.25, 0.3) is 11.5 Å². The summed E-state index contributed by atoms with van der Waals surface area (Å²) in [5.74, 6) is 1.19. The highest BCUT2D eigenvalue weighted by atomic mass is 16.3. The van der Waals surface area contributed by atoms with E-state index in [-0.39, 0.29) is 11.5 Å². The van der Waals surface area contributed by atoms with Gasteiger partial charge in [-0.05, 0) is 55.5 Å². The molecule has 0 saturated carbocycles. The molecule has 4 aromatic rings. The molecular weight excluding hydrogens is 354 g/mol. The second-order valence-electron chi connectivity index (χ2n) is 6.60. The van der Waals surface area contributed by atoms with Crippen molar-refractivity contribution in [2.24, 2.45) is 0 Å². The average molecular weight is 373 g/mol. The molecule has 0 aliphatic rings. The number of benzene rings is 2. The zero-order chi connectivity index (χ0) is 19.7. The molecule has 6 heteroatoms. The summed E-state index contributed by atoms with van der Waals surface area (Å²) >= 11 is 0. The minimum atomic E-state index is -0.128. The lowest BCUT2D eigenvalue weighted by Gasteiger charge is -2.16. The molecule has 0 unspecified atom stereocenters. The van der Waals surface area contributed by atoms with Gasteiger partial charge in [0.05, 0.1) is 29.4 Å². The van der Waals surface area contributed by atoms with Gasteiger partial charge in [0.2, 0.25) is 0 Å². The van der Waals surface area contributed by atoms with Crippen molar-refractivity contribution in [3.05, 3.63) is 94.4 Å². The van der Waals surface area contributed by atoms with E-state index < -0.39 is 0 Å². The number of rotatable bonds is 4. The summed E-state index contributed by atoms with van der Waals surface area (Å²) in [6.45, 7) is 2.19. The van der Waals surface area contributed by atoms with Crippen LogP contribution in [0.25, 0.3) is 16.6 Å². The van der Waals surface area contributed by atoms with Gasteiger partial charge in [-0.1, -0.05) is 12.1 Å². The predicted molar refractivity (Wildman–Crippen MR) is 107 cm³/mol. The van der Waals surface area contributed by atoms with Gasteiger partial charge in [0.1, 0.15) is 11.6 Å². The van der Waals surface area contributed by atoms with Crippen molar-refractivity contribution in [2.45, 2.75) is 13.5 Å². The van der Waals surface area contributed by atoms with Crippen LogP contribution in [0.2, 0.25) is 0 Å². The van der Waals surface area contributed by atoms with Crippen molar-refractivity contribution in [3.63, 3.8) is 0 Å². The molecule has 6 nitrogen and oxygen atoms in total. The summed E-state index contributed by atoms with van der Waals surface area (Å²) in [6.07, 6.45) is 1.58. The molecular formula is C22H19N3O3. The van der Waals surface area contributed by atoms with E-state index in [0.29, 0.717) is 34.5 Å². The molecule has 0 saturated heterocycles. The maximum atomic E-state index is 12.9. The zero-order valence-electron chi connectivity index (χ0n) is 15.6. The molecule has 0 radical (unpaired) electrons. The minimum absolute atomic E-state index is 0.122. The van der Waals surface area contributed by atoms with E-state index in [2.05, 4.69) is 4.98 Å². The Morgan fingerprint density at radius 2 is 1.82 bits per heavy atom.